The Morgan fingerprint density at radius 3 is 0.360 bits per heavy atom. The van der Waals surface area contributed by atoms with Gasteiger partial charge < -0.3 is 63.5 Å². The van der Waals surface area contributed by atoms with Crippen LogP contribution in [0.15, 0.2) is 0 Å². The molecule has 0 rings (SSSR count). The zero-order chi connectivity index (χ0) is 15.5. The van der Waals surface area contributed by atoms with E-state index in [4.69, 9.17) is 59.4 Å². The Balaban J connectivity index is -0.0000000148. The Morgan fingerprint density at radius 2 is 0.360 bits per heavy atom. The molecule has 0 saturated heterocycles. The normalized spacial score (nSPS) is 5.28. The van der Waals surface area contributed by atoms with Crippen molar-refractivity contribution in [2.75, 3.05) is 0 Å². The Hall–Kier alpha value is -2.15. The topological polar surface area (TPSA) is 413 Å². The van der Waals surface area contributed by atoms with Gasteiger partial charge in [-0.05, 0) is 0 Å². The van der Waals surface area contributed by atoms with Crippen molar-refractivity contribution in [3.8, 4) is 0 Å². The maximum atomic E-state index is 9.10. The maximum absolute atomic E-state index is 9.10. The number of carboxylic acids is 6. The summed E-state index contributed by atoms with van der Waals surface area (Å²) in [6.07, 6.45) is 0. The molecule has 0 aromatic carbocycles. The minimum Gasteiger partial charge on any atom is -0.473 e. The molecular formula is C6H18DyO18. The molecule has 0 saturated carbocycles. The average molecular weight is 541 g/mol. The molecule has 0 atom stereocenters. The van der Waals surface area contributed by atoms with Gasteiger partial charge in [-0.3, -0.25) is 0 Å². The van der Waals surface area contributed by atoms with Gasteiger partial charge in [0.25, 0.3) is 0 Å². The summed E-state index contributed by atoms with van der Waals surface area (Å²) in [5.41, 5.74) is 0. The van der Waals surface area contributed by atoms with Crippen molar-refractivity contribution >= 4 is 35.8 Å². The summed E-state index contributed by atoms with van der Waals surface area (Å²) < 4.78 is 0. The van der Waals surface area contributed by atoms with Crippen LogP contribution in [0.1, 0.15) is 0 Å². The summed E-state index contributed by atoms with van der Waals surface area (Å²) >= 11 is 0. The SMILES string of the molecule is O.O.O.O.O.O.O=C(O)C(=O)O.O=C(O)C(=O)O.O=C(O)C(=O)O.[Dy]. The molecule has 18 N–H and O–H groups in total. The fourth-order valence-corrected chi connectivity index (χ4v) is 0. The second-order valence-electron chi connectivity index (χ2n) is 1.83. The molecule has 0 aromatic heterocycles. The van der Waals surface area contributed by atoms with E-state index in [0.717, 1.165) is 0 Å². The van der Waals surface area contributed by atoms with Crippen molar-refractivity contribution in [2.24, 2.45) is 0 Å². The first-order valence-electron chi connectivity index (χ1n) is 3.32. The van der Waals surface area contributed by atoms with E-state index in [1.165, 1.54) is 0 Å². The van der Waals surface area contributed by atoms with E-state index in [9.17, 15) is 0 Å². The largest absolute Gasteiger partial charge is 0.473 e. The Morgan fingerprint density at radius 1 is 0.320 bits per heavy atom. The molecule has 19 heteroatoms. The fourth-order valence-electron chi connectivity index (χ4n) is 0. The Bertz CT molecular complexity index is 281. The first-order chi connectivity index (χ1) is 7.93. The fraction of sp³-hybridized carbons (Fsp3) is 0. The average Bonchev–Trinajstić information content (AvgIpc) is 2.18. The summed E-state index contributed by atoms with van der Waals surface area (Å²) in [4.78, 5) is 54.6. The molecule has 0 unspecified atom stereocenters. The van der Waals surface area contributed by atoms with E-state index in [0.29, 0.717) is 0 Å². The number of carbonyl (C=O) groups is 6. The van der Waals surface area contributed by atoms with Crippen LogP contribution in [-0.4, -0.2) is 99.3 Å². The van der Waals surface area contributed by atoms with Crippen LogP contribution in [0, 0.1) is 38.2 Å². The van der Waals surface area contributed by atoms with Gasteiger partial charge in [0, 0.05) is 38.2 Å². The van der Waals surface area contributed by atoms with Crippen LogP contribution in [0.4, 0.5) is 0 Å². The zero-order valence-corrected chi connectivity index (χ0v) is 13.5. The standard InChI is InChI=1S/3C2H2O4.Dy.6H2O/c3*3-1(4)2(5)6;;;;;;;/h3*(H,3,4)(H,5,6);;6*1H2. The predicted molar refractivity (Wildman–Crippen MR) is 67.5 cm³/mol. The molecule has 0 heterocycles. The van der Waals surface area contributed by atoms with E-state index < -0.39 is 35.8 Å². The van der Waals surface area contributed by atoms with E-state index in [-0.39, 0.29) is 71.0 Å². The van der Waals surface area contributed by atoms with Crippen molar-refractivity contribution in [2.45, 2.75) is 0 Å². The van der Waals surface area contributed by atoms with Gasteiger partial charge in [0.2, 0.25) is 0 Å². The first-order valence-corrected chi connectivity index (χ1v) is 3.32. The molecule has 0 aliphatic carbocycles. The van der Waals surface area contributed by atoms with Gasteiger partial charge in [0.1, 0.15) is 0 Å². The number of rotatable bonds is 0. The second-order valence-corrected chi connectivity index (χ2v) is 1.83. The van der Waals surface area contributed by atoms with Crippen LogP contribution in [0.5, 0.6) is 0 Å². The molecule has 18 nitrogen and oxygen atoms in total. The zero-order valence-electron chi connectivity index (χ0n) is 11.4. The third-order valence-electron chi connectivity index (χ3n) is 0.549. The van der Waals surface area contributed by atoms with E-state index in [1.54, 1.807) is 0 Å². The molecule has 0 aliphatic rings. The molecule has 0 aliphatic heterocycles. The monoisotopic (exact) mass is 542 g/mol. The van der Waals surface area contributed by atoms with Crippen molar-refractivity contribution in [1.82, 2.24) is 0 Å². The van der Waals surface area contributed by atoms with Gasteiger partial charge in [0.15, 0.2) is 0 Å². The molecule has 0 bridgehead atoms. The summed E-state index contributed by atoms with van der Waals surface area (Å²) in [7, 11) is 0. The van der Waals surface area contributed by atoms with E-state index >= 15 is 0 Å². The smallest absolute Gasteiger partial charge is 0.414 e. The molecule has 0 fully saturated rings. The number of hydrogen-bond acceptors (Lipinski definition) is 6. The first kappa shape index (κ1) is 66.1. The number of hydrogen-bond donors (Lipinski definition) is 6. The van der Waals surface area contributed by atoms with E-state index in [1.807, 2.05) is 0 Å². The van der Waals surface area contributed by atoms with Gasteiger partial charge in [-0.1, -0.05) is 0 Å². The molecule has 25 heavy (non-hydrogen) atoms. The summed E-state index contributed by atoms with van der Waals surface area (Å²) in [5.74, 6) is -10.9. The van der Waals surface area contributed by atoms with Crippen molar-refractivity contribution < 1.29 is 130 Å². The van der Waals surface area contributed by atoms with Crippen LogP contribution < -0.4 is 0 Å². The molecule has 0 amide bonds. The summed E-state index contributed by atoms with van der Waals surface area (Å²) in [6.45, 7) is 0. The minimum atomic E-state index is -1.82. The minimum absolute atomic E-state index is 0. The van der Waals surface area contributed by atoms with Crippen LogP contribution in [0.3, 0.4) is 0 Å². The number of aliphatic carboxylic acids is 6. The third-order valence-corrected chi connectivity index (χ3v) is 0.549. The van der Waals surface area contributed by atoms with Crippen LogP contribution in [-0.2, 0) is 28.8 Å². The Labute approximate surface area is 166 Å². The van der Waals surface area contributed by atoms with Gasteiger partial charge in [-0.25, -0.2) is 28.8 Å². The van der Waals surface area contributed by atoms with Crippen molar-refractivity contribution in [1.29, 1.82) is 0 Å². The quantitative estimate of drug-likeness (QED) is 0.156. The van der Waals surface area contributed by atoms with Crippen molar-refractivity contribution in [3.05, 3.63) is 0 Å². The molecule has 0 aromatic rings. The van der Waals surface area contributed by atoms with Gasteiger partial charge in [-0.2, -0.15) is 0 Å². The Kier molecular flexibility index (Phi) is 99.9. The van der Waals surface area contributed by atoms with E-state index in [2.05, 4.69) is 0 Å². The third kappa shape index (κ3) is 88.7. The molecule has 0 spiro atoms. The van der Waals surface area contributed by atoms with Crippen LogP contribution >= 0.6 is 0 Å². The number of carboxylic acid groups (broad SMARTS) is 6. The predicted octanol–water partition coefficient (Wildman–Crippen LogP) is -7.48. The van der Waals surface area contributed by atoms with Crippen molar-refractivity contribution in [3.63, 3.8) is 0 Å². The van der Waals surface area contributed by atoms with Gasteiger partial charge >= 0.3 is 35.8 Å². The molecule has 160 valence electrons. The summed E-state index contributed by atoms with van der Waals surface area (Å²) in [5, 5.41) is 44.3. The van der Waals surface area contributed by atoms with Gasteiger partial charge in [-0.15, -0.1) is 0 Å². The van der Waals surface area contributed by atoms with Crippen LogP contribution in [0.2, 0.25) is 0 Å². The molecular weight excluding hydrogens is 523 g/mol. The summed E-state index contributed by atoms with van der Waals surface area (Å²) in [6, 6.07) is 0. The van der Waals surface area contributed by atoms with Crippen LogP contribution in [0.25, 0.3) is 0 Å². The van der Waals surface area contributed by atoms with Gasteiger partial charge in [0.05, 0.1) is 0 Å². The maximum Gasteiger partial charge on any atom is 0.414 e. The molecule has 0 radical (unpaired) electrons. The second kappa shape index (κ2) is 37.8.